The smallest absolute Gasteiger partial charge is 0.416 e. The second-order valence-electron chi connectivity index (χ2n) is 11.6. The Kier molecular flexibility index (Phi) is 12.6. The van der Waals surface area contributed by atoms with Gasteiger partial charge in [-0.2, -0.15) is 39.5 Å². The molecule has 0 aliphatic heterocycles. The first-order valence-electron chi connectivity index (χ1n) is 15.0. The van der Waals surface area contributed by atoms with Crippen LogP contribution in [0.3, 0.4) is 0 Å². The van der Waals surface area contributed by atoms with Gasteiger partial charge in [0.05, 0.1) is 42.6 Å². The molecular weight excluding hydrogens is 673 g/mol. The molecule has 6 nitrogen and oxygen atoms in total. The molecule has 2 unspecified atom stereocenters. The normalized spacial score (nSPS) is 13.7. The largest absolute Gasteiger partial charge is 0.496 e. The molecule has 0 aromatic heterocycles. The maximum absolute atomic E-state index is 13.8. The van der Waals surface area contributed by atoms with Crippen LogP contribution < -0.4 is 14.8 Å². The minimum Gasteiger partial charge on any atom is -0.496 e. The SMILES string of the molecule is COc1cc(C)c(OCCCC(=O)OC(C)C)cc1-c1ccc(C(F)(F)F)cc1CNC(C)C(O)c1cc(C(F)(F)F)cc(C(F)(F)F)c1. The highest BCUT2D eigenvalue weighted by molar-refractivity contribution is 5.76. The van der Waals surface area contributed by atoms with Crippen LogP contribution in [0.5, 0.6) is 11.5 Å². The van der Waals surface area contributed by atoms with E-state index in [9.17, 15) is 49.4 Å². The van der Waals surface area contributed by atoms with Crippen molar-refractivity contribution in [3.8, 4) is 22.6 Å². The Morgan fingerprint density at radius 1 is 0.796 bits per heavy atom. The molecule has 49 heavy (non-hydrogen) atoms. The summed E-state index contributed by atoms with van der Waals surface area (Å²) in [6.45, 7) is 6.13. The van der Waals surface area contributed by atoms with Gasteiger partial charge in [-0.25, -0.2) is 0 Å². The molecule has 0 aliphatic rings. The molecule has 2 N–H and O–H groups in total. The Balaban J connectivity index is 1.95. The number of esters is 1. The van der Waals surface area contributed by atoms with E-state index in [0.29, 0.717) is 35.4 Å². The summed E-state index contributed by atoms with van der Waals surface area (Å²) in [6.07, 6.45) is -16.8. The maximum atomic E-state index is 13.8. The van der Waals surface area contributed by atoms with Gasteiger partial charge in [0.2, 0.25) is 0 Å². The molecule has 3 rings (SSSR count). The average molecular weight is 710 g/mol. The highest BCUT2D eigenvalue weighted by Gasteiger charge is 2.38. The van der Waals surface area contributed by atoms with E-state index >= 15 is 0 Å². The van der Waals surface area contributed by atoms with Crippen molar-refractivity contribution in [1.82, 2.24) is 5.32 Å². The highest BCUT2D eigenvalue weighted by atomic mass is 19.4. The van der Waals surface area contributed by atoms with Gasteiger partial charge in [-0.05, 0) is 98.8 Å². The fraction of sp³-hybridized carbons (Fsp3) is 0.441. The van der Waals surface area contributed by atoms with E-state index in [1.54, 1.807) is 32.9 Å². The van der Waals surface area contributed by atoms with Crippen LogP contribution in [-0.4, -0.2) is 36.9 Å². The zero-order valence-electron chi connectivity index (χ0n) is 27.2. The lowest BCUT2D eigenvalue weighted by molar-refractivity contribution is -0.148. The number of aryl methyl sites for hydroxylation is 1. The molecule has 0 fully saturated rings. The second-order valence-corrected chi connectivity index (χ2v) is 11.6. The predicted octanol–water partition coefficient (Wildman–Crippen LogP) is 9.05. The van der Waals surface area contributed by atoms with E-state index < -0.39 is 65.4 Å². The standard InChI is InChI=1S/C34H36F9NO5/c1-18(2)49-30(45)7-6-10-48-28-16-27(29(47-5)11-19(28)3)26-9-8-23(32(35,36)37)14-22(26)17-44-20(4)31(46)21-12-24(33(38,39)40)15-25(13-21)34(41,42)43/h8-9,11-16,18,20,31,44,46H,6-7,10,17H2,1-5H3. The van der Waals surface area contributed by atoms with Crippen LogP contribution >= 0.6 is 0 Å². The third kappa shape index (κ3) is 10.8. The third-order valence-electron chi connectivity index (χ3n) is 7.41. The van der Waals surface area contributed by atoms with Gasteiger partial charge >= 0.3 is 24.5 Å². The number of methoxy groups -OCH3 is 1. The van der Waals surface area contributed by atoms with Crippen molar-refractivity contribution in [2.45, 2.75) is 83.9 Å². The molecular formula is C34H36F9NO5. The molecule has 2 atom stereocenters. The Morgan fingerprint density at radius 3 is 1.92 bits per heavy atom. The van der Waals surface area contributed by atoms with Crippen molar-refractivity contribution in [3.05, 3.63) is 81.9 Å². The van der Waals surface area contributed by atoms with Crippen molar-refractivity contribution in [3.63, 3.8) is 0 Å². The van der Waals surface area contributed by atoms with Crippen LogP contribution in [0, 0.1) is 6.92 Å². The van der Waals surface area contributed by atoms with Crippen LogP contribution in [-0.2, 0) is 34.6 Å². The van der Waals surface area contributed by atoms with Crippen LogP contribution in [0.25, 0.3) is 11.1 Å². The quantitative estimate of drug-likeness (QED) is 0.105. The maximum Gasteiger partial charge on any atom is 0.416 e. The van der Waals surface area contributed by atoms with Crippen molar-refractivity contribution in [1.29, 1.82) is 0 Å². The molecule has 0 aliphatic carbocycles. The monoisotopic (exact) mass is 709 g/mol. The number of carbonyl (C=O) groups is 1. The summed E-state index contributed by atoms with van der Waals surface area (Å²) in [6, 6.07) is 5.51. The van der Waals surface area contributed by atoms with Gasteiger partial charge in [0.15, 0.2) is 0 Å². The molecule has 0 amide bonds. The Bertz CT molecular complexity index is 1570. The van der Waals surface area contributed by atoms with Crippen LogP contribution in [0.4, 0.5) is 39.5 Å². The summed E-state index contributed by atoms with van der Waals surface area (Å²) in [7, 11) is 1.35. The number of alkyl halides is 9. The number of carbonyl (C=O) groups excluding carboxylic acids is 1. The topological polar surface area (TPSA) is 77.0 Å². The zero-order valence-corrected chi connectivity index (χ0v) is 27.2. The zero-order chi connectivity index (χ0) is 36.9. The van der Waals surface area contributed by atoms with E-state index in [0.717, 1.165) is 12.1 Å². The lowest BCUT2D eigenvalue weighted by Crippen LogP contribution is -2.32. The van der Waals surface area contributed by atoms with E-state index in [2.05, 4.69) is 5.32 Å². The van der Waals surface area contributed by atoms with E-state index in [4.69, 9.17) is 14.2 Å². The van der Waals surface area contributed by atoms with E-state index in [-0.39, 0.29) is 42.1 Å². The minimum absolute atomic E-state index is 0.0263. The number of hydrogen-bond acceptors (Lipinski definition) is 6. The van der Waals surface area contributed by atoms with E-state index in [1.807, 2.05) is 0 Å². The van der Waals surface area contributed by atoms with Crippen LogP contribution in [0.1, 0.15) is 73.1 Å². The van der Waals surface area contributed by atoms with Gasteiger partial charge in [0, 0.05) is 24.6 Å². The van der Waals surface area contributed by atoms with Crippen molar-refractivity contribution in [2.24, 2.45) is 0 Å². The Morgan fingerprint density at radius 2 is 1.39 bits per heavy atom. The molecule has 3 aromatic rings. The lowest BCUT2D eigenvalue weighted by Gasteiger charge is -2.24. The Hall–Kier alpha value is -3.98. The van der Waals surface area contributed by atoms with Gasteiger partial charge in [-0.3, -0.25) is 4.79 Å². The molecule has 0 radical (unpaired) electrons. The van der Waals surface area contributed by atoms with Gasteiger partial charge in [-0.15, -0.1) is 0 Å². The van der Waals surface area contributed by atoms with Gasteiger partial charge in [0.25, 0.3) is 0 Å². The number of rotatable bonds is 13. The van der Waals surface area contributed by atoms with Gasteiger partial charge < -0.3 is 24.6 Å². The number of nitrogens with one attached hydrogen (secondary N) is 1. The number of halogens is 9. The highest BCUT2D eigenvalue weighted by Crippen LogP contribution is 2.41. The van der Waals surface area contributed by atoms with Crippen LogP contribution in [0.2, 0.25) is 0 Å². The first kappa shape index (κ1) is 39.5. The molecule has 270 valence electrons. The summed E-state index contributed by atoms with van der Waals surface area (Å²) in [5.41, 5.74) is -3.76. The lowest BCUT2D eigenvalue weighted by atomic mass is 9.94. The molecule has 0 spiro atoms. The Labute approximate surface area is 277 Å². The van der Waals surface area contributed by atoms with Gasteiger partial charge in [0.1, 0.15) is 11.5 Å². The summed E-state index contributed by atoms with van der Waals surface area (Å²) in [5, 5.41) is 13.5. The summed E-state index contributed by atoms with van der Waals surface area (Å²) in [4.78, 5) is 11.8. The first-order chi connectivity index (χ1) is 22.6. The number of ether oxygens (including phenoxy) is 3. The number of hydrogen-bond donors (Lipinski definition) is 2. The predicted molar refractivity (Wildman–Crippen MR) is 162 cm³/mol. The minimum atomic E-state index is -5.14. The van der Waals surface area contributed by atoms with Crippen molar-refractivity contribution >= 4 is 5.97 Å². The third-order valence-corrected chi connectivity index (χ3v) is 7.41. The molecule has 15 heteroatoms. The average Bonchev–Trinajstić information content (AvgIpc) is 3.00. The molecule has 0 bridgehead atoms. The van der Waals surface area contributed by atoms with Crippen LogP contribution in [0.15, 0.2) is 48.5 Å². The molecule has 3 aromatic carbocycles. The molecule has 0 saturated carbocycles. The fourth-order valence-corrected chi connectivity index (χ4v) is 4.92. The second kappa shape index (κ2) is 15.7. The molecule has 0 saturated heterocycles. The van der Waals surface area contributed by atoms with Gasteiger partial charge in [-0.1, -0.05) is 6.07 Å². The number of aliphatic hydroxyl groups excluding tert-OH is 1. The molecule has 0 heterocycles. The fourth-order valence-electron chi connectivity index (χ4n) is 4.92. The first-order valence-corrected chi connectivity index (χ1v) is 15.0. The van der Waals surface area contributed by atoms with Crippen molar-refractivity contribution < 1.29 is 63.6 Å². The van der Waals surface area contributed by atoms with Crippen molar-refractivity contribution in [2.75, 3.05) is 13.7 Å². The summed E-state index contributed by atoms with van der Waals surface area (Å²) in [5.74, 6) is 0.213. The number of aliphatic hydroxyl groups is 1. The summed E-state index contributed by atoms with van der Waals surface area (Å²) >= 11 is 0. The van der Waals surface area contributed by atoms with E-state index in [1.165, 1.54) is 20.1 Å². The summed E-state index contributed by atoms with van der Waals surface area (Å²) < 4.78 is 138. The number of benzene rings is 3.